The highest BCUT2D eigenvalue weighted by atomic mass is 127. The fourth-order valence-corrected chi connectivity index (χ4v) is 3.11. The molecule has 1 aromatic carbocycles. The van der Waals surface area contributed by atoms with Crippen LogP contribution in [0.1, 0.15) is 25.8 Å². The van der Waals surface area contributed by atoms with E-state index in [1.165, 1.54) is 11.8 Å². The average molecular weight is 467 g/mol. The number of hydrogen-bond donors (Lipinski definition) is 1. The van der Waals surface area contributed by atoms with Gasteiger partial charge in [0.1, 0.15) is 9.84 Å². The first-order valence-corrected chi connectivity index (χ1v) is 9.82. The molecule has 7 heteroatoms. The molecule has 0 spiro atoms. The molecule has 1 rings (SSSR count). The normalized spacial score (nSPS) is 12.5. The Kier molecular flexibility index (Phi) is 9.87. The molecule has 138 valence electrons. The van der Waals surface area contributed by atoms with Crippen LogP contribution in [0.3, 0.4) is 0 Å². The third-order valence-corrected chi connectivity index (χ3v) is 4.66. The Hall–Kier alpha value is -0.830. The zero-order valence-electron chi connectivity index (χ0n) is 15.2. The third kappa shape index (κ3) is 9.46. The van der Waals surface area contributed by atoms with Crippen molar-refractivity contribution in [1.29, 1.82) is 0 Å². The molecular weight excluding hydrogens is 437 g/mol. The molecule has 0 saturated heterocycles. The summed E-state index contributed by atoms with van der Waals surface area (Å²) in [6.45, 7) is 5.57. The van der Waals surface area contributed by atoms with E-state index in [1.54, 1.807) is 7.05 Å². The molecular formula is C17H30IN3O2S. The Morgan fingerprint density at radius 2 is 1.83 bits per heavy atom. The fourth-order valence-electron chi connectivity index (χ4n) is 2.19. The van der Waals surface area contributed by atoms with E-state index in [4.69, 9.17) is 0 Å². The van der Waals surface area contributed by atoms with Gasteiger partial charge in [0.2, 0.25) is 0 Å². The Balaban J connectivity index is 0.00000529. The zero-order chi connectivity index (χ0) is 17.5. The third-order valence-electron chi connectivity index (χ3n) is 3.71. The summed E-state index contributed by atoms with van der Waals surface area (Å²) < 4.78 is 22.7. The summed E-state index contributed by atoms with van der Waals surface area (Å²) in [6.07, 6.45) is 1.90. The molecule has 0 aliphatic rings. The van der Waals surface area contributed by atoms with Crippen molar-refractivity contribution in [2.45, 2.75) is 26.8 Å². The van der Waals surface area contributed by atoms with Crippen LogP contribution in [0.25, 0.3) is 0 Å². The molecule has 0 aliphatic carbocycles. The van der Waals surface area contributed by atoms with Crippen LogP contribution < -0.4 is 5.32 Å². The number of benzene rings is 1. The van der Waals surface area contributed by atoms with Crippen LogP contribution in [-0.2, 0) is 16.4 Å². The van der Waals surface area contributed by atoms with Crippen LogP contribution in [0.2, 0.25) is 0 Å². The lowest BCUT2D eigenvalue weighted by Crippen LogP contribution is -2.43. The highest BCUT2D eigenvalue weighted by molar-refractivity contribution is 14.0. The lowest BCUT2D eigenvalue weighted by atomic mass is 9.90. The smallest absolute Gasteiger partial charge is 0.193 e. The van der Waals surface area contributed by atoms with Gasteiger partial charge in [-0.3, -0.25) is 4.99 Å². The van der Waals surface area contributed by atoms with E-state index in [2.05, 4.69) is 41.2 Å². The second kappa shape index (κ2) is 10.2. The summed E-state index contributed by atoms with van der Waals surface area (Å²) in [5.74, 6) is 1.02. The van der Waals surface area contributed by atoms with E-state index >= 15 is 0 Å². The number of aliphatic imine (C=N–C) groups is 1. The lowest BCUT2D eigenvalue weighted by Gasteiger charge is -2.28. The standard InChI is InChI=1S/C17H29N3O2S.HI/c1-17(2,11-12-23(5,21)22)14-19-16(18-3)20(4)13-15-9-7-6-8-10-15;/h6-10H,11-14H2,1-5H3,(H,18,19);1H. The highest BCUT2D eigenvalue weighted by Gasteiger charge is 2.21. The van der Waals surface area contributed by atoms with Crippen LogP contribution in [0, 0.1) is 5.41 Å². The Labute approximate surface area is 163 Å². The maximum atomic E-state index is 11.3. The maximum Gasteiger partial charge on any atom is 0.193 e. The van der Waals surface area contributed by atoms with Gasteiger partial charge in [-0.25, -0.2) is 8.42 Å². The van der Waals surface area contributed by atoms with E-state index in [0.717, 1.165) is 12.5 Å². The summed E-state index contributed by atoms with van der Waals surface area (Å²) in [5, 5.41) is 3.35. The minimum atomic E-state index is -2.93. The van der Waals surface area contributed by atoms with Crippen LogP contribution >= 0.6 is 24.0 Å². The van der Waals surface area contributed by atoms with Crippen molar-refractivity contribution in [1.82, 2.24) is 10.2 Å². The van der Waals surface area contributed by atoms with Crippen molar-refractivity contribution in [2.75, 3.05) is 32.6 Å². The predicted octanol–water partition coefficient (Wildman–Crippen LogP) is 2.77. The van der Waals surface area contributed by atoms with Crippen LogP contribution in [-0.4, -0.2) is 51.9 Å². The summed E-state index contributed by atoms with van der Waals surface area (Å²) >= 11 is 0. The molecule has 0 bridgehead atoms. The van der Waals surface area contributed by atoms with Gasteiger partial charge in [-0.15, -0.1) is 24.0 Å². The number of hydrogen-bond acceptors (Lipinski definition) is 3. The van der Waals surface area contributed by atoms with E-state index in [0.29, 0.717) is 13.0 Å². The van der Waals surface area contributed by atoms with Gasteiger partial charge in [-0.2, -0.15) is 0 Å². The first-order valence-electron chi connectivity index (χ1n) is 7.76. The minimum absolute atomic E-state index is 0. The lowest BCUT2D eigenvalue weighted by molar-refractivity contribution is 0.340. The molecule has 0 saturated carbocycles. The van der Waals surface area contributed by atoms with Crippen molar-refractivity contribution in [3.05, 3.63) is 35.9 Å². The second-order valence-electron chi connectivity index (χ2n) is 6.79. The van der Waals surface area contributed by atoms with E-state index in [1.807, 2.05) is 25.2 Å². The topological polar surface area (TPSA) is 61.8 Å². The van der Waals surface area contributed by atoms with Gasteiger partial charge in [0.05, 0.1) is 5.75 Å². The highest BCUT2D eigenvalue weighted by Crippen LogP contribution is 2.20. The molecule has 1 N–H and O–H groups in total. The fraction of sp³-hybridized carbons (Fsp3) is 0.588. The Morgan fingerprint density at radius 3 is 2.33 bits per heavy atom. The Morgan fingerprint density at radius 1 is 1.25 bits per heavy atom. The molecule has 0 amide bonds. The van der Waals surface area contributed by atoms with Gasteiger partial charge in [0.15, 0.2) is 5.96 Å². The SMILES string of the molecule is CN=C(NCC(C)(C)CCS(C)(=O)=O)N(C)Cc1ccccc1.I. The summed E-state index contributed by atoms with van der Waals surface area (Å²) in [4.78, 5) is 6.37. The molecule has 0 fully saturated rings. The molecule has 0 atom stereocenters. The molecule has 5 nitrogen and oxygen atoms in total. The number of nitrogens with one attached hydrogen (secondary N) is 1. The van der Waals surface area contributed by atoms with Crippen LogP contribution in [0.4, 0.5) is 0 Å². The summed E-state index contributed by atoms with van der Waals surface area (Å²) in [6, 6.07) is 10.2. The zero-order valence-corrected chi connectivity index (χ0v) is 18.4. The van der Waals surface area contributed by atoms with E-state index < -0.39 is 9.84 Å². The first-order chi connectivity index (χ1) is 10.6. The number of halogens is 1. The minimum Gasteiger partial charge on any atom is -0.356 e. The van der Waals surface area contributed by atoms with Crippen LogP contribution in [0.15, 0.2) is 35.3 Å². The van der Waals surface area contributed by atoms with Crippen molar-refractivity contribution in [3.8, 4) is 0 Å². The molecule has 1 aromatic rings. The summed E-state index contributed by atoms with van der Waals surface area (Å²) in [5.41, 5.74) is 1.10. The predicted molar refractivity (Wildman–Crippen MR) is 113 cm³/mol. The number of sulfone groups is 1. The molecule has 24 heavy (non-hydrogen) atoms. The van der Waals surface area contributed by atoms with Crippen LogP contribution in [0.5, 0.6) is 0 Å². The Bertz CT molecular complexity index is 616. The number of rotatable bonds is 7. The van der Waals surface area contributed by atoms with Gasteiger partial charge in [0, 0.05) is 33.4 Å². The van der Waals surface area contributed by atoms with Crippen molar-refractivity contribution < 1.29 is 8.42 Å². The van der Waals surface area contributed by atoms with Gasteiger partial charge in [-0.05, 0) is 17.4 Å². The van der Waals surface area contributed by atoms with E-state index in [-0.39, 0.29) is 35.1 Å². The van der Waals surface area contributed by atoms with Gasteiger partial charge in [-0.1, -0.05) is 44.2 Å². The average Bonchev–Trinajstić information content (AvgIpc) is 2.46. The van der Waals surface area contributed by atoms with Crippen molar-refractivity contribution in [2.24, 2.45) is 10.4 Å². The molecule has 0 radical (unpaired) electrons. The van der Waals surface area contributed by atoms with Gasteiger partial charge >= 0.3 is 0 Å². The number of nitrogens with zero attached hydrogens (tertiary/aromatic N) is 2. The first kappa shape index (κ1) is 23.2. The summed E-state index contributed by atoms with van der Waals surface area (Å²) in [7, 11) is 0.822. The quantitative estimate of drug-likeness (QED) is 0.381. The van der Waals surface area contributed by atoms with E-state index in [9.17, 15) is 8.42 Å². The largest absolute Gasteiger partial charge is 0.356 e. The van der Waals surface area contributed by atoms with Crippen molar-refractivity contribution >= 4 is 39.8 Å². The van der Waals surface area contributed by atoms with Gasteiger partial charge < -0.3 is 10.2 Å². The van der Waals surface area contributed by atoms with Crippen molar-refractivity contribution in [3.63, 3.8) is 0 Å². The molecule has 0 aliphatic heterocycles. The monoisotopic (exact) mass is 467 g/mol. The molecule has 0 aromatic heterocycles. The number of guanidine groups is 1. The maximum absolute atomic E-state index is 11.3. The van der Waals surface area contributed by atoms with Gasteiger partial charge in [0.25, 0.3) is 0 Å². The molecule has 0 heterocycles. The second-order valence-corrected chi connectivity index (χ2v) is 9.05. The molecule has 0 unspecified atom stereocenters.